The molecule has 0 N–H and O–H groups in total. The van der Waals surface area contributed by atoms with Gasteiger partial charge in [-0.1, -0.05) is 24.3 Å². The average Bonchev–Trinajstić information content (AvgIpc) is 3.40. The molecular formula is C21H25NO2. The summed E-state index contributed by atoms with van der Waals surface area (Å²) in [4.78, 5) is 14.7. The molecule has 0 bridgehead atoms. The van der Waals surface area contributed by atoms with Gasteiger partial charge in [-0.05, 0) is 68.2 Å². The lowest BCUT2D eigenvalue weighted by Crippen LogP contribution is -2.19. The minimum Gasteiger partial charge on any atom is -0.492 e. The van der Waals surface area contributed by atoms with E-state index in [0.29, 0.717) is 18.9 Å². The Labute approximate surface area is 144 Å². The highest BCUT2D eigenvalue weighted by Gasteiger charge is 2.26. The summed E-state index contributed by atoms with van der Waals surface area (Å²) in [5.74, 6) is 1.65. The second kappa shape index (κ2) is 7.63. The summed E-state index contributed by atoms with van der Waals surface area (Å²) in [6.45, 7) is 1.52. The summed E-state index contributed by atoms with van der Waals surface area (Å²) in [5.41, 5.74) is 3.28. The molecule has 1 aliphatic rings. The Morgan fingerprint density at radius 1 is 1.08 bits per heavy atom. The lowest BCUT2D eigenvalue weighted by atomic mass is 9.96. The first-order valence-electron chi connectivity index (χ1n) is 8.62. The smallest absolute Gasteiger partial charge is 0.167 e. The van der Waals surface area contributed by atoms with E-state index in [1.54, 1.807) is 0 Å². The molecule has 0 saturated heterocycles. The molecule has 0 heterocycles. The standard InChI is InChI=1S/C21H25NO2/c1-22(2)13-14-24-19-11-9-17(10-12-19)21(23)15-18-5-3-4-6-20(18)16-7-8-16/h3-6,9-12,16H,7-8,13-15H2,1-2H3. The van der Waals surface area contributed by atoms with Crippen molar-refractivity contribution >= 4 is 5.78 Å². The molecule has 1 fully saturated rings. The number of ether oxygens (including phenoxy) is 1. The number of hydrogen-bond donors (Lipinski definition) is 0. The Morgan fingerprint density at radius 2 is 1.79 bits per heavy atom. The highest BCUT2D eigenvalue weighted by atomic mass is 16.5. The zero-order valence-corrected chi connectivity index (χ0v) is 14.5. The molecule has 0 aromatic heterocycles. The largest absolute Gasteiger partial charge is 0.492 e. The molecule has 0 amide bonds. The number of hydrogen-bond acceptors (Lipinski definition) is 3. The maximum atomic E-state index is 12.6. The maximum absolute atomic E-state index is 12.6. The fourth-order valence-corrected chi connectivity index (χ4v) is 2.85. The number of carbonyl (C=O) groups excluding carboxylic acids is 1. The first-order chi connectivity index (χ1) is 11.6. The fourth-order valence-electron chi connectivity index (χ4n) is 2.85. The number of benzene rings is 2. The van der Waals surface area contributed by atoms with Crippen molar-refractivity contribution in [3.05, 3.63) is 65.2 Å². The predicted octanol–water partition coefficient (Wildman–Crippen LogP) is 3.93. The van der Waals surface area contributed by atoms with Gasteiger partial charge in [-0.15, -0.1) is 0 Å². The topological polar surface area (TPSA) is 29.5 Å². The van der Waals surface area contributed by atoms with E-state index < -0.39 is 0 Å². The molecule has 1 aliphatic carbocycles. The first kappa shape index (κ1) is 16.7. The lowest BCUT2D eigenvalue weighted by molar-refractivity contribution is 0.0992. The fraction of sp³-hybridized carbons (Fsp3) is 0.381. The van der Waals surface area contributed by atoms with Gasteiger partial charge in [0, 0.05) is 18.5 Å². The van der Waals surface area contributed by atoms with Crippen LogP contribution in [0.5, 0.6) is 5.75 Å². The third kappa shape index (κ3) is 4.45. The minimum atomic E-state index is 0.169. The Hall–Kier alpha value is -2.13. The molecule has 0 unspecified atom stereocenters. The van der Waals surface area contributed by atoms with E-state index in [1.165, 1.54) is 24.0 Å². The van der Waals surface area contributed by atoms with Crippen molar-refractivity contribution in [3.63, 3.8) is 0 Å². The van der Waals surface area contributed by atoms with E-state index in [0.717, 1.165) is 17.9 Å². The normalized spacial score (nSPS) is 14.0. The molecule has 3 heteroatoms. The summed E-state index contributed by atoms with van der Waals surface area (Å²) in [6.07, 6.45) is 2.99. The second-order valence-electron chi connectivity index (χ2n) is 6.75. The van der Waals surface area contributed by atoms with Crippen LogP contribution in [0.1, 0.15) is 40.2 Å². The number of nitrogens with zero attached hydrogens (tertiary/aromatic N) is 1. The van der Waals surface area contributed by atoms with E-state index in [9.17, 15) is 4.79 Å². The van der Waals surface area contributed by atoms with Gasteiger partial charge < -0.3 is 9.64 Å². The molecule has 0 aliphatic heterocycles. The zero-order valence-electron chi connectivity index (χ0n) is 14.5. The van der Waals surface area contributed by atoms with Crippen LogP contribution in [0.4, 0.5) is 0 Å². The number of ketones is 1. The van der Waals surface area contributed by atoms with Gasteiger partial charge in [0.1, 0.15) is 12.4 Å². The number of likely N-dealkylation sites (N-methyl/N-ethyl adjacent to an activating group) is 1. The SMILES string of the molecule is CN(C)CCOc1ccc(C(=O)Cc2ccccc2C2CC2)cc1. The van der Waals surface area contributed by atoms with Crippen LogP contribution in [0, 0.1) is 0 Å². The van der Waals surface area contributed by atoms with Crippen molar-refractivity contribution in [2.75, 3.05) is 27.2 Å². The van der Waals surface area contributed by atoms with Gasteiger partial charge in [-0.2, -0.15) is 0 Å². The summed E-state index contributed by atoms with van der Waals surface area (Å²) < 4.78 is 5.68. The maximum Gasteiger partial charge on any atom is 0.167 e. The van der Waals surface area contributed by atoms with E-state index >= 15 is 0 Å². The highest BCUT2D eigenvalue weighted by molar-refractivity contribution is 5.97. The molecular weight excluding hydrogens is 298 g/mol. The first-order valence-corrected chi connectivity index (χ1v) is 8.62. The van der Waals surface area contributed by atoms with Crippen LogP contribution in [0.3, 0.4) is 0 Å². The van der Waals surface area contributed by atoms with Crippen molar-refractivity contribution in [2.45, 2.75) is 25.2 Å². The molecule has 1 saturated carbocycles. The van der Waals surface area contributed by atoms with E-state index in [1.807, 2.05) is 44.4 Å². The van der Waals surface area contributed by atoms with Crippen molar-refractivity contribution in [2.24, 2.45) is 0 Å². The molecule has 0 spiro atoms. The number of Topliss-reactive ketones (excluding diaryl/α,β-unsaturated/α-hetero) is 1. The number of carbonyl (C=O) groups is 1. The molecule has 2 aromatic rings. The third-order valence-electron chi connectivity index (χ3n) is 4.41. The summed E-state index contributed by atoms with van der Waals surface area (Å²) in [5, 5.41) is 0. The zero-order chi connectivity index (χ0) is 16.9. The van der Waals surface area contributed by atoms with Crippen LogP contribution in [0.25, 0.3) is 0 Å². The van der Waals surface area contributed by atoms with Gasteiger partial charge in [0.05, 0.1) is 0 Å². The molecule has 0 atom stereocenters. The van der Waals surface area contributed by atoms with Crippen molar-refractivity contribution < 1.29 is 9.53 Å². The van der Waals surface area contributed by atoms with Crippen LogP contribution in [-0.2, 0) is 6.42 Å². The van der Waals surface area contributed by atoms with Crippen LogP contribution < -0.4 is 4.74 Å². The van der Waals surface area contributed by atoms with Crippen LogP contribution >= 0.6 is 0 Å². The van der Waals surface area contributed by atoms with Crippen molar-refractivity contribution in [3.8, 4) is 5.75 Å². The number of rotatable bonds is 8. The predicted molar refractivity (Wildman–Crippen MR) is 96.9 cm³/mol. The van der Waals surface area contributed by atoms with Gasteiger partial charge in [0.2, 0.25) is 0 Å². The second-order valence-corrected chi connectivity index (χ2v) is 6.75. The van der Waals surface area contributed by atoms with Gasteiger partial charge in [-0.25, -0.2) is 0 Å². The van der Waals surface area contributed by atoms with Crippen LogP contribution in [0.2, 0.25) is 0 Å². The Balaban J connectivity index is 1.61. The minimum absolute atomic E-state index is 0.169. The van der Waals surface area contributed by atoms with Crippen LogP contribution in [-0.4, -0.2) is 37.9 Å². The van der Waals surface area contributed by atoms with E-state index in [4.69, 9.17) is 4.74 Å². The average molecular weight is 323 g/mol. The van der Waals surface area contributed by atoms with E-state index in [-0.39, 0.29) is 5.78 Å². The highest BCUT2D eigenvalue weighted by Crippen LogP contribution is 2.41. The van der Waals surface area contributed by atoms with Crippen LogP contribution in [0.15, 0.2) is 48.5 Å². The van der Waals surface area contributed by atoms with Gasteiger partial charge in [0.25, 0.3) is 0 Å². The molecule has 126 valence electrons. The lowest BCUT2D eigenvalue weighted by Gasteiger charge is -2.11. The Bertz CT molecular complexity index is 687. The molecule has 3 rings (SSSR count). The molecule has 0 radical (unpaired) electrons. The molecule has 24 heavy (non-hydrogen) atoms. The van der Waals surface area contributed by atoms with Crippen molar-refractivity contribution in [1.29, 1.82) is 0 Å². The van der Waals surface area contributed by atoms with Gasteiger partial charge >= 0.3 is 0 Å². The third-order valence-corrected chi connectivity index (χ3v) is 4.41. The summed E-state index contributed by atoms with van der Waals surface area (Å²) in [6, 6.07) is 15.9. The van der Waals surface area contributed by atoms with E-state index in [2.05, 4.69) is 23.1 Å². The van der Waals surface area contributed by atoms with Gasteiger partial charge in [-0.3, -0.25) is 4.79 Å². The summed E-state index contributed by atoms with van der Waals surface area (Å²) in [7, 11) is 4.04. The monoisotopic (exact) mass is 323 g/mol. The molecule has 3 nitrogen and oxygen atoms in total. The quantitative estimate of drug-likeness (QED) is 0.689. The van der Waals surface area contributed by atoms with Crippen molar-refractivity contribution in [1.82, 2.24) is 4.90 Å². The molecule has 2 aromatic carbocycles. The Kier molecular flexibility index (Phi) is 5.31. The Morgan fingerprint density at radius 3 is 2.46 bits per heavy atom. The summed E-state index contributed by atoms with van der Waals surface area (Å²) >= 11 is 0. The van der Waals surface area contributed by atoms with Gasteiger partial charge in [0.15, 0.2) is 5.78 Å².